The zero-order chi connectivity index (χ0) is 30.2. The molecule has 220 valence electrons. The van der Waals surface area contributed by atoms with E-state index in [4.69, 9.17) is 0 Å². The molecule has 0 fully saturated rings. The van der Waals surface area contributed by atoms with Crippen LogP contribution in [-0.4, -0.2) is 62.7 Å². The van der Waals surface area contributed by atoms with Gasteiger partial charge in [0.15, 0.2) is 0 Å². The number of rotatable bonds is 13. The number of halogens is 1. The van der Waals surface area contributed by atoms with Crippen molar-refractivity contribution in [3.8, 4) is 0 Å². The Morgan fingerprint density at radius 3 is 2.24 bits per heavy atom. The normalized spacial score (nSPS) is 12.2. The molecule has 1 atom stereocenters. The SMILES string of the molecule is CCCNC(=O)[C@H](Cc1ccccc1)N(Cc1cccc(Br)c1)C(=O)CN(c1cc(C)ccc1C)S(=O)(=O)N(C)C. The zero-order valence-electron chi connectivity index (χ0n) is 24.3. The van der Waals surface area contributed by atoms with Crippen LogP contribution in [0.3, 0.4) is 0 Å². The number of carbonyl (C=O) groups is 2. The second-order valence-corrected chi connectivity index (χ2v) is 13.2. The third-order valence-corrected chi connectivity index (χ3v) is 9.01. The van der Waals surface area contributed by atoms with Gasteiger partial charge in [-0.2, -0.15) is 12.7 Å². The summed E-state index contributed by atoms with van der Waals surface area (Å²) in [7, 11) is -1.17. The van der Waals surface area contributed by atoms with Gasteiger partial charge in [-0.3, -0.25) is 9.59 Å². The number of hydrogen-bond acceptors (Lipinski definition) is 4. The maximum atomic E-state index is 14.3. The van der Waals surface area contributed by atoms with Crippen molar-refractivity contribution in [3.05, 3.63) is 99.5 Å². The average Bonchev–Trinajstić information content (AvgIpc) is 2.94. The van der Waals surface area contributed by atoms with Gasteiger partial charge in [-0.25, -0.2) is 4.31 Å². The molecule has 0 unspecified atom stereocenters. The smallest absolute Gasteiger partial charge is 0.304 e. The molecule has 0 aromatic heterocycles. The number of benzene rings is 3. The minimum atomic E-state index is -4.05. The molecule has 0 heterocycles. The van der Waals surface area contributed by atoms with Gasteiger partial charge in [-0.05, 0) is 60.7 Å². The molecule has 1 N–H and O–H groups in total. The Morgan fingerprint density at radius 2 is 1.61 bits per heavy atom. The lowest BCUT2D eigenvalue weighted by Crippen LogP contribution is -2.54. The number of nitrogens with zero attached hydrogens (tertiary/aromatic N) is 3. The molecule has 8 nitrogen and oxygen atoms in total. The predicted octanol–water partition coefficient (Wildman–Crippen LogP) is 4.85. The van der Waals surface area contributed by atoms with E-state index in [-0.39, 0.29) is 18.9 Å². The van der Waals surface area contributed by atoms with E-state index in [1.807, 2.05) is 87.5 Å². The lowest BCUT2D eigenvalue weighted by atomic mass is 10.0. The monoisotopic (exact) mass is 642 g/mol. The first-order valence-corrected chi connectivity index (χ1v) is 15.8. The number of nitrogens with one attached hydrogen (secondary N) is 1. The van der Waals surface area contributed by atoms with Gasteiger partial charge in [0.25, 0.3) is 0 Å². The van der Waals surface area contributed by atoms with E-state index in [0.717, 1.165) is 36.2 Å². The molecule has 0 aliphatic carbocycles. The van der Waals surface area contributed by atoms with Crippen molar-refractivity contribution < 1.29 is 18.0 Å². The maximum Gasteiger partial charge on any atom is 0.304 e. The van der Waals surface area contributed by atoms with Crippen molar-refractivity contribution in [2.45, 2.75) is 46.2 Å². The van der Waals surface area contributed by atoms with E-state index in [1.165, 1.54) is 19.0 Å². The molecule has 3 rings (SSSR count). The molecule has 10 heteroatoms. The van der Waals surface area contributed by atoms with Crippen molar-refractivity contribution in [2.24, 2.45) is 0 Å². The van der Waals surface area contributed by atoms with E-state index in [0.29, 0.717) is 17.8 Å². The molecule has 0 spiro atoms. The van der Waals surface area contributed by atoms with Crippen LogP contribution in [-0.2, 0) is 32.8 Å². The van der Waals surface area contributed by atoms with Crippen molar-refractivity contribution >= 4 is 43.6 Å². The fraction of sp³-hybridized carbons (Fsp3) is 0.355. The highest BCUT2D eigenvalue weighted by atomic mass is 79.9. The number of anilines is 1. The fourth-order valence-electron chi connectivity index (χ4n) is 4.44. The van der Waals surface area contributed by atoms with Crippen LogP contribution in [0.5, 0.6) is 0 Å². The Hall–Kier alpha value is -3.21. The maximum absolute atomic E-state index is 14.3. The summed E-state index contributed by atoms with van der Waals surface area (Å²) in [6.45, 7) is 5.77. The highest BCUT2D eigenvalue weighted by molar-refractivity contribution is 9.10. The van der Waals surface area contributed by atoms with Gasteiger partial charge in [0.2, 0.25) is 11.8 Å². The summed E-state index contributed by atoms with van der Waals surface area (Å²) >= 11 is 3.49. The molecule has 0 radical (unpaired) electrons. The van der Waals surface area contributed by atoms with Gasteiger partial charge >= 0.3 is 10.2 Å². The predicted molar refractivity (Wildman–Crippen MR) is 168 cm³/mol. The van der Waals surface area contributed by atoms with Crippen LogP contribution in [0.15, 0.2) is 77.3 Å². The van der Waals surface area contributed by atoms with Crippen LogP contribution >= 0.6 is 15.9 Å². The number of hydrogen-bond donors (Lipinski definition) is 1. The number of aryl methyl sites for hydroxylation is 2. The molecule has 3 aromatic carbocycles. The Labute approximate surface area is 252 Å². The van der Waals surface area contributed by atoms with E-state index < -0.39 is 28.7 Å². The highest BCUT2D eigenvalue weighted by Crippen LogP contribution is 2.26. The van der Waals surface area contributed by atoms with E-state index in [9.17, 15) is 18.0 Å². The molecule has 0 aliphatic rings. The van der Waals surface area contributed by atoms with Crippen molar-refractivity contribution in [3.63, 3.8) is 0 Å². The zero-order valence-corrected chi connectivity index (χ0v) is 26.7. The molecule has 3 aromatic rings. The molecular weight excluding hydrogens is 604 g/mol. The Balaban J connectivity index is 2.12. The first-order valence-electron chi connectivity index (χ1n) is 13.6. The van der Waals surface area contributed by atoms with Gasteiger partial charge in [0.1, 0.15) is 12.6 Å². The van der Waals surface area contributed by atoms with Gasteiger partial charge in [-0.15, -0.1) is 0 Å². The van der Waals surface area contributed by atoms with Crippen LogP contribution in [0.25, 0.3) is 0 Å². The molecule has 41 heavy (non-hydrogen) atoms. The minimum absolute atomic E-state index is 0.123. The number of carbonyl (C=O) groups excluding carboxylic acids is 2. The third-order valence-electron chi connectivity index (χ3n) is 6.71. The summed E-state index contributed by atoms with van der Waals surface area (Å²) in [5, 5.41) is 2.95. The van der Waals surface area contributed by atoms with Crippen LogP contribution in [0.1, 0.15) is 35.6 Å². The summed E-state index contributed by atoms with van der Waals surface area (Å²) in [4.78, 5) is 29.4. The van der Waals surface area contributed by atoms with E-state index >= 15 is 0 Å². The first kappa shape index (κ1) is 32.3. The largest absolute Gasteiger partial charge is 0.354 e. The second-order valence-electron chi connectivity index (χ2n) is 10.2. The minimum Gasteiger partial charge on any atom is -0.354 e. The Kier molecular flexibility index (Phi) is 11.5. The van der Waals surface area contributed by atoms with E-state index in [2.05, 4.69) is 21.2 Å². The van der Waals surface area contributed by atoms with Crippen LogP contribution in [0, 0.1) is 13.8 Å². The summed E-state index contributed by atoms with van der Waals surface area (Å²) in [5.41, 5.74) is 3.70. The van der Waals surface area contributed by atoms with Gasteiger partial charge in [-0.1, -0.05) is 77.5 Å². The van der Waals surface area contributed by atoms with Crippen molar-refractivity contribution in [1.29, 1.82) is 0 Å². The van der Waals surface area contributed by atoms with E-state index in [1.54, 1.807) is 6.07 Å². The first-order chi connectivity index (χ1) is 19.4. The average molecular weight is 644 g/mol. The Morgan fingerprint density at radius 1 is 0.927 bits per heavy atom. The third kappa shape index (κ3) is 8.64. The lowest BCUT2D eigenvalue weighted by Gasteiger charge is -2.35. The van der Waals surface area contributed by atoms with Gasteiger partial charge in [0.05, 0.1) is 5.69 Å². The quantitative estimate of drug-likeness (QED) is 0.289. The second kappa shape index (κ2) is 14.6. The van der Waals surface area contributed by atoms with Gasteiger partial charge < -0.3 is 10.2 Å². The molecule has 0 bridgehead atoms. The van der Waals surface area contributed by atoms with Crippen molar-refractivity contribution in [2.75, 3.05) is 31.5 Å². The van der Waals surface area contributed by atoms with Crippen LogP contribution < -0.4 is 9.62 Å². The van der Waals surface area contributed by atoms with Crippen LogP contribution in [0.2, 0.25) is 0 Å². The Bertz CT molecular complexity index is 1450. The van der Waals surface area contributed by atoms with Gasteiger partial charge in [0, 0.05) is 38.1 Å². The number of amides is 2. The molecular formula is C31H39BrN4O4S. The summed E-state index contributed by atoms with van der Waals surface area (Å²) in [6.07, 6.45) is 1.02. The fourth-order valence-corrected chi connectivity index (χ4v) is 6.00. The molecule has 0 aliphatic heterocycles. The molecule has 0 saturated heterocycles. The molecule has 2 amide bonds. The summed E-state index contributed by atoms with van der Waals surface area (Å²) < 4.78 is 30.2. The lowest BCUT2D eigenvalue weighted by molar-refractivity contribution is -0.140. The van der Waals surface area contributed by atoms with Crippen LogP contribution in [0.4, 0.5) is 5.69 Å². The topological polar surface area (TPSA) is 90.0 Å². The molecule has 0 saturated carbocycles. The highest BCUT2D eigenvalue weighted by Gasteiger charge is 2.35. The summed E-state index contributed by atoms with van der Waals surface area (Å²) in [5.74, 6) is -0.767. The van der Waals surface area contributed by atoms with Crippen molar-refractivity contribution in [1.82, 2.24) is 14.5 Å². The standard InChI is InChI=1S/C31H39BrN4O4S/c1-6-17-33-31(38)29(20-25-11-8-7-9-12-25)35(21-26-13-10-14-27(32)19-26)30(37)22-36(41(39,40)34(4)5)28-18-23(2)15-16-24(28)3/h7-16,18-19,29H,6,17,20-22H2,1-5H3,(H,33,38)/t29-/m0/s1. The summed E-state index contributed by atoms with van der Waals surface area (Å²) in [6, 6.07) is 21.7.